The van der Waals surface area contributed by atoms with Gasteiger partial charge in [-0.25, -0.2) is 17.6 Å². The van der Waals surface area contributed by atoms with Gasteiger partial charge in [-0.3, -0.25) is 4.79 Å². The first-order valence-corrected chi connectivity index (χ1v) is 4.59. The molecular formula is C10H6F4O3. The Morgan fingerprint density at radius 2 is 1.71 bits per heavy atom. The fraction of sp³-hybridized carbons (Fsp3) is 0.300. The molecule has 1 heterocycles. The van der Waals surface area contributed by atoms with Gasteiger partial charge in [-0.05, 0) is 0 Å². The molecular weight excluding hydrogens is 244 g/mol. The zero-order chi connectivity index (χ0) is 12.6. The van der Waals surface area contributed by atoms with Gasteiger partial charge < -0.3 is 9.47 Å². The van der Waals surface area contributed by atoms with Crippen LogP contribution in [0.1, 0.15) is 17.2 Å². The summed E-state index contributed by atoms with van der Waals surface area (Å²) in [4.78, 5) is 9.88. The van der Waals surface area contributed by atoms with E-state index in [0.29, 0.717) is 0 Å². The minimum Gasteiger partial charge on any atom is -0.463 e. The Bertz CT molecular complexity index is 442. The Labute approximate surface area is 92.9 Å². The van der Waals surface area contributed by atoms with E-state index in [0.717, 1.165) is 0 Å². The summed E-state index contributed by atoms with van der Waals surface area (Å²) < 4.78 is 62.3. The lowest BCUT2D eigenvalue weighted by atomic mass is 10.1. The molecule has 0 spiro atoms. The van der Waals surface area contributed by atoms with Crippen molar-refractivity contribution in [3.63, 3.8) is 0 Å². The fourth-order valence-corrected chi connectivity index (χ4v) is 1.44. The number of hydrogen-bond donors (Lipinski definition) is 0. The summed E-state index contributed by atoms with van der Waals surface area (Å²) in [6.45, 7) is -0.940. The molecule has 0 aliphatic carbocycles. The Kier molecular flexibility index (Phi) is 3.01. The molecule has 17 heavy (non-hydrogen) atoms. The normalized spacial score (nSPS) is 18.0. The van der Waals surface area contributed by atoms with Gasteiger partial charge in [0.05, 0.1) is 17.7 Å². The number of hydrogen-bond acceptors (Lipinski definition) is 3. The molecule has 92 valence electrons. The van der Waals surface area contributed by atoms with Crippen molar-refractivity contribution in [2.75, 3.05) is 6.61 Å². The summed E-state index contributed by atoms with van der Waals surface area (Å²) in [6, 6.07) is 0. The molecule has 0 bridgehead atoms. The van der Waals surface area contributed by atoms with Gasteiger partial charge in [0.15, 0.2) is 23.3 Å². The summed E-state index contributed by atoms with van der Waals surface area (Å²) in [6.07, 6.45) is -0.958. The molecule has 1 aromatic carbocycles. The predicted molar refractivity (Wildman–Crippen MR) is 45.8 cm³/mol. The number of benzene rings is 1. The molecule has 1 fully saturated rings. The lowest BCUT2D eigenvalue weighted by Gasteiger charge is -2.09. The standard InChI is InChI=1S/C10H6F4O3/c11-7-4(1-16-3-15)8(12)10(14)6(9(7)13)5-2-17-5/h3,5H,1-2H2. The van der Waals surface area contributed by atoms with Crippen molar-refractivity contribution in [1.82, 2.24) is 0 Å². The van der Waals surface area contributed by atoms with Crippen molar-refractivity contribution >= 4 is 6.47 Å². The van der Waals surface area contributed by atoms with Crippen LogP contribution in [-0.2, 0) is 20.9 Å². The molecule has 7 heteroatoms. The van der Waals surface area contributed by atoms with E-state index in [1.807, 2.05) is 0 Å². The molecule has 1 atom stereocenters. The molecule has 0 N–H and O–H groups in total. The highest BCUT2D eigenvalue weighted by molar-refractivity contribution is 5.38. The minimum atomic E-state index is -1.57. The van der Waals surface area contributed by atoms with Crippen molar-refractivity contribution in [3.05, 3.63) is 34.4 Å². The van der Waals surface area contributed by atoms with E-state index >= 15 is 0 Å². The topological polar surface area (TPSA) is 38.8 Å². The van der Waals surface area contributed by atoms with E-state index in [1.165, 1.54) is 0 Å². The van der Waals surface area contributed by atoms with Crippen LogP contribution in [0.2, 0.25) is 0 Å². The second kappa shape index (κ2) is 4.33. The van der Waals surface area contributed by atoms with Gasteiger partial charge >= 0.3 is 0 Å². The smallest absolute Gasteiger partial charge is 0.293 e. The SMILES string of the molecule is O=COCc1c(F)c(F)c(C2CO2)c(F)c1F. The lowest BCUT2D eigenvalue weighted by Crippen LogP contribution is -2.09. The number of epoxide rings is 1. The molecule has 1 aliphatic heterocycles. The van der Waals surface area contributed by atoms with Gasteiger partial charge in [-0.1, -0.05) is 0 Å². The number of halogens is 4. The van der Waals surface area contributed by atoms with Crippen molar-refractivity contribution in [1.29, 1.82) is 0 Å². The summed E-state index contributed by atoms with van der Waals surface area (Å²) in [5, 5.41) is 0. The molecule has 1 aromatic rings. The van der Waals surface area contributed by atoms with E-state index < -0.39 is 47.1 Å². The highest BCUT2D eigenvalue weighted by Gasteiger charge is 2.36. The van der Waals surface area contributed by atoms with Gasteiger partial charge in [-0.15, -0.1) is 0 Å². The van der Waals surface area contributed by atoms with Gasteiger partial charge in [0, 0.05) is 0 Å². The summed E-state index contributed by atoms with van der Waals surface area (Å²) in [5.74, 6) is -6.18. The Morgan fingerprint density at radius 1 is 1.18 bits per heavy atom. The Balaban J connectivity index is 2.51. The van der Waals surface area contributed by atoms with Crippen LogP contribution in [0, 0.1) is 23.3 Å². The number of carbonyl (C=O) groups excluding carboxylic acids is 1. The zero-order valence-electron chi connectivity index (χ0n) is 8.31. The van der Waals surface area contributed by atoms with E-state index in [4.69, 9.17) is 0 Å². The molecule has 3 nitrogen and oxygen atoms in total. The summed E-state index contributed by atoms with van der Waals surface area (Å²) in [7, 11) is 0. The Hall–Kier alpha value is -1.63. The van der Waals surface area contributed by atoms with Crippen LogP contribution < -0.4 is 0 Å². The maximum Gasteiger partial charge on any atom is 0.293 e. The first-order chi connectivity index (χ1) is 8.07. The van der Waals surface area contributed by atoms with E-state index in [9.17, 15) is 22.4 Å². The van der Waals surface area contributed by atoms with Crippen molar-refractivity contribution in [2.45, 2.75) is 12.7 Å². The van der Waals surface area contributed by atoms with Gasteiger partial charge in [0.1, 0.15) is 12.7 Å². The fourth-order valence-electron chi connectivity index (χ4n) is 1.44. The van der Waals surface area contributed by atoms with Crippen LogP contribution in [-0.4, -0.2) is 13.1 Å². The van der Waals surface area contributed by atoms with Crippen LogP contribution in [0.3, 0.4) is 0 Å². The maximum atomic E-state index is 13.4. The highest BCUT2D eigenvalue weighted by Crippen LogP contribution is 2.37. The highest BCUT2D eigenvalue weighted by atomic mass is 19.2. The van der Waals surface area contributed by atoms with E-state index in [1.54, 1.807) is 0 Å². The second-order valence-corrected chi connectivity index (χ2v) is 3.38. The quantitative estimate of drug-likeness (QED) is 0.355. The van der Waals surface area contributed by atoms with Gasteiger partial charge in [0.2, 0.25) is 0 Å². The van der Waals surface area contributed by atoms with Gasteiger partial charge in [-0.2, -0.15) is 0 Å². The third-order valence-electron chi connectivity index (χ3n) is 2.34. The average Bonchev–Trinajstić information content (AvgIpc) is 3.11. The molecule has 0 aromatic heterocycles. The van der Waals surface area contributed by atoms with Crippen LogP contribution in [0.4, 0.5) is 17.6 Å². The van der Waals surface area contributed by atoms with Crippen molar-refractivity contribution in [3.8, 4) is 0 Å². The van der Waals surface area contributed by atoms with E-state index in [2.05, 4.69) is 9.47 Å². The minimum absolute atomic E-state index is 0.0108. The molecule has 1 saturated heterocycles. The molecule has 0 radical (unpaired) electrons. The first kappa shape index (κ1) is 11.8. The number of ether oxygens (including phenoxy) is 2. The largest absolute Gasteiger partial charge is 0.463 e. The van der Waals surface area contributed by atoms with Gasteiger partial charge in [0.25, 0.3) is 6.47 Å². The molecule has 0 saturated carbocycles. The predicted octanol–water partition coefficient (Wildman–Crippen LogP) is 1.99. The first-order valence-electron chi connectivity index (χ1n) is 4.59. The van der Waals surface area contributed by atoms with Crippen LogP contribution in [0.25, 0.3) is 0 Å². The third-order valence-corrected chi connectivity index (χ3v) is 2.34. The summed E-state index contributed by atoms with van der Waals surface area (Å²) in [5.41, 5.74) is -1.73. The molecule has 1 aliphatic rings. The molecule has 2 rings (SSSR count). The lowest BCUT2D eigenvalue weighted by molar-refractivity contribution is -0.129. The monoisotopic (exact) mass is 250 g/mol. The van der Waals surface area contributed by atoms with Crippen LogP contribution >= 0.6 is 0 Å². The molecule has 0 amide bonds. The zero-order valence-corrected chi connectivity index (χ0v) is 8.31. The second-order valence-electron chi connectivity index (χ2n) is 3.38. The van der Waals surface area contributed by atoms with Crippen molar-refractivity contribution in [2.24, 2.45) is 0 Å². The van der Waals surface area contributed by atoms with E-state index in [-0.39, 0.29) is 13.1 Å². The van der Waals surface area contributed by atoms with Crippen LogP contribution in [0.15, 0.2) is 0 Å². The number of rotatable bonds is 4. The Morgan fingerprint density at radius 3 is 2.12 bits per heavy atom. The van der Waals surface area contributed by atoms with Crippen molar-refractivity contribution < 1.29 is 31.8 Å². The summed E-state index contributed by atoms with van der Waals surface area (Å²) >= 11 is 0. The maximum absolute atomic E-state index is 13.4. The molecule has 1 unspecified atom stereocenters. The average molecular weight is 250 g/mol. The third kappa shape index (κ3) is 1.97. The number of carbonyl (C=O) groups is 1. The van der Waals surface area contributed by atoms with Crippen LogP contribution in [0.5, 0.6) is 0 Å².